The van der Waals surface area contributed by atoms with Crippen LogP contribution in [0.5, 0.6) is 0 Å². The van der Waals surface area contributed by atoms with E-state index in [1.807, 2.05) is 29.9 Å². The zero-order chi connectivity index (χ0) is 12.3. The molecule has 0 amide bonds. The molecule has 0 atom stereocenters. The molecule has 0 aliphatic carbocycles. The molecule has 0 saturated heterocycles. The summed E-state index contributed by atoms with van der Waals surface area (Å²) in [6.45, 7) is 1.41. The number of imidazole rings is 1. The van der Waals surface area contributed by atoms with Gasteiger partial charge in [0.1, 0.15) is 5.82 Å². The van der Waals surface area contributed by atoms with Crippen molar-refractivity contribution in [2.24, 2.45) is 7.05 Å². The lowest BCUT2D eigenvalue weighted by molar-refractivity contribution is 0.639. The van der Waals surface area contributed by atoms with Crippen molar-refractivity contribution in [2.75, 3.05) is 0 Å². The highest BCUT2D eigenvalue weighted by atomic mass is 35.5. The topological polar surface area (TPSA) is 29.9 Å². The van der Waals surface area contributed by atoms with Crippen molar-refractivity contribution in [1.82, 2.24) is 14.9 Å². The summed E-state index contributed by atoms with van der Waals surface area (Å²) < 4.78 is 1.98. The number of benzene rings is 1. The number of nitrogens with zero attached hydrogens (tertiary/aromatic N) is 2. The Morgan fingerprint density at radius 2 is 2.12 bits per heavy atom. The molecule has 1 aromatic heterocycles. The number of hydrogen-bond acceptors (Lipinski definition) is 2. The monoisotopic (exact) mass is 269 g/mol. The molecular formula is C12H13Cl2N3. The smallest absolute Gasteiger partial charge is 0.122 e. The quantitative estimate of drug-likeness (QED) is 0.925. The van der Waals surface area contributed by atoms with E-state index in [0.29, 0.717) is 23.1 Å². The highest BCUT2D eigenvalue weighted by molar-refractivity contribution is 6.35. The van der Waals surface area contributed by atoms with Gasteiger partial charge in [0.15, 0.2) is 0 Å². The average Bonchev–Trinajstić information content (AvgIpc) is 2.68. The van der Waals surface area contributed by atoms with Gasteiger partial charge in [-0.3, -0.25) is 0 Å². The molecule has 2 rings (SSSR count). The fourth-order valence-corrected chi connectivity index (χ4v) is 2.02. The van der Waals surface area contributed by atoms with Gasteiger partial charge >= 0.3 is 0 Å². The van der Waals surface area contributed by atoms with Crippen molar-refractivity contribution in [2.45, 2.75) is 13.1 Å². The number of hydrogen-bond donors (Lipinski definition) is 1. The van der Waals surface area contributed by atoms with Gasteiger partial charge in [0.05, 0.1) is 6.54 Å². The average molecular weight is 270 g/mol. The maximum atomic E-state index is 6.08. The minimum Gasteiger partial charge on any atom is -0.337 e. The van der Waals surface area contributed by atoms with Crippen molar-refractivity contribution in [3.05, 3.63) is 52.0 Å². The van der Waals surface area contributed by atoms with E-state index in [0.717, 1.165) is 11.4 Å². The number of rotatable bonds is 4. The van der Waals surface area contributed by atoms with Crippen molar-refractivity contribution < 1.29 is 0 Å². The van der Waals surface area contributed by atoms with Gasteiger partial charge in [0, 0.05) is 36.0 Å². The molecule has 2 aromatic rings. The zero-order valence-corrected chi connectivity index (χ0v) is 11.0. The maximum Gasteiger partial charge on any atom is 0.122 e. The molecule has 1 N–H and O–H groups in total. The molecule has 17 heavy (non-hydrogen) atoms. The van der Waals surface area contributed by atoms with Gasteiger partial charge in [-0.25, -0.2) is 4.98 Å². The molecule has 0 aliphatic rings. The molecule has 0 radical (unpaired) electrons. The first-order chi connectivity index (χ1) is 8.16. The molecule has 0 bridgehead atoms. The summed E-state index contributed by atoms with van der Waals surface area (Å²) in [5.41, 5.74) is 1.03. The summed E-state index contributed by atoms with van der Waals surface area (Å²) in [6.07, 6.45) is 3.71. The van der Waals surface area contributed by atoms with Gasteiger partial charge in [-0.15, -0.1) is 0 Å². The summed E-state index contributed by atoms with van der Waals surface area (Å²) in [6, 6.07) is 5.52. The Labute approximate surface area is 110 Å². The van der Waals surface area contributed by atoms with Gasteiger partial charge in [0.25, 0.3) is 0 Å². The lowest BCUT2D eigenvalue weighted by Crippen LogP contribution is -2.15. The van der Waals surface area contributed by atoms with Crippen LogP contribution >= 0.6 is 23.2 Å². The minimum atomic E-state index is 0.655. The summed E-state index contributed by atoms with van der Waals surface area (Å²) in [7, 11) is 1.97. The maximum absolute atomic E-state index is 6.08. The number of aryl methyl sites for hydroxylation is 1. The first-order valence-electron chi connectivity index (χ1n) is 5.27. The predicted octanol–water partition coefficient (Wildman–Crippen LogP) is 3.02. The van der Waals surface area contributed by atoms with Crippen molar-refractivity contribution >= 4 is 23.2 Å². The number of nitrogens with one attached hydrogen (secondary N) is 1. The Balaban J connectivity index is 1.92. The fraction of sp³-hybridized carbons (Fsp3) is 0.250. The lowest BCUT2D eigenvalue weighted by atomic mass is 10.2. The van der Waals surface area contributed by atoms with E-state index in [9.17, 15) is 0 Å². The van der Waals surface area contributed by atoms with E-state index in [1.165, 1.54) is 0 Å². The van der Waals surface area contributed by atoms with E-state index in [2.05, 4.69) is 10.3 Å². The molecule has 0 fully saturated rings. The second-order valence-electron chi connectivity index (χ2n) is 3.79. The van der Waals surface area contributed by atoms with Gasteiger partial charge in [-0.2, -0.15) is 0 Å². The molecule has 0 saturated carbocycles. The van der Waals surface area contributed by atoms with Gasteiger partial charge in [-0.05, 0) is 17.7 Å². The van der Waals surface area contributed by atoms with Crippen LogP contribution in [0.1, 0.15) is 11.4 Å². The van der Waals surface area contributed by atoms with Crippen LogP contribution in [0.2, 0.25) is 10.0 Å². The third-order valence-electron chi connectivity index (χ3n) is 2.53. The Morgan fingerprint density at radius 3 is 2.76 bits per heavy atom. The Kier molecular flexibility index (Phi) is 4.05. The standard InChI is InChI=1S/C12H13Cl2N3/c1-17-5-4-16-12(17)8-15-7-9-2-3-10(13)6-11(9)14/h2-6,15H,7-8H2,1H3. The second kappa shape index (κ2) is 5.54. The normalized spacial score (nSPS) is 10.8. The zero-order valence-electron chi connectivity index (χ0n) is 9.45. The molecule has 0 spiro atoms. The Bertz CT molecular complexity index is 508. The van der Waals surface area contributed by atoms with Crippen LogP contribution in [-0.4, -0.2) is 9.55 Å². The number of aromatic nitrogens is 2. The molecule has 1 heterocycles. The Morgan fingerprint density at radius 1 is 1.29 bits per heavy atom. The molecule has 90 valence electrons. The third-order valence-corrected chi connectivity index (χ3v) is 3.12. The Hall–Kier alpha value is -1.03. The van der Waals surface area contributed by atoms with Crippen LogP contribution in [0.3, 0.4) is 0 Å². The second-order valence-corrected chi connectivity index (χ2v) is 4.64. The molecule has 1 aromatic carbocycles. The van der Waals surface area contributed by atoms with Crippen molar-refractivity contribution in [1.29, 1.82) is 0 Å². The van der Waals surface area contributed by atoms with Gasteiger partial charge < -0.3 is 9.88 Å². The summed E-state index contributed by atoms with van der Waals surface area (Å²) in [5.74, 6) is 0.995. The minimum absolute atomic E-state index is 0.655. The molecule has 3 nitrogen and oxygen atoms in total. The van der Waals surface area contributed by atoms with Crippen molar-refractivity contribution in [3.8, 4) is 0 Å². The van der Waals surface area contributed by atoms with Crippen LogP contribution in [0.15, 0.2) is 30.6 Å². The summed E-state index contributed by atoms with van der Waals surface area (Å²) in [4.78, 5) is 4.23. The first kappa shape index (κ1) is 12.4. The summed E-state index contributed by atoms with van der Waals surface area (Å²) >= 11 is 11.9. The summed E-state index contributed by atoms with van der Waals surface area (Å²) in [5, 5.41) is 4.63. The van der Waals surface area contributed by atoms with E-state index in [-0.39, 0.29) is 0 Å². The van der Waals surface area contributed by atoms with Crippen LogP contribution in [0.4, 0.5) is 0 Å². The largest absolute Gasteiger partial charge is 0.337 e. The highest BCUT2D eigenvalue weighted by Crippen LogP contribution is 2.20. The van der Waals surface area contributed by atoms with E-state index < -0.39 is 0 Å². The van der Waals surface area contributed by atoms with Crippen LogP contribution < -0.4 is 5.32 Å². The fourth-order valence-electron chi connectivity index (χ4n) is 1.54. The molecule has 0 aliphatic heterocycles. The molecular weight excluding hydrogens is 257 g/mol. The molecule has 0 unspecified atom stereocenters. The predicted molar refractivity (Wildman–Crippen MR) is 70.2 cm³/mol. The number of halogens is 2. The SMILES string of the molecule is Cn1ccnc1CNCc1ccc(Cl)cc1Cl. The van der Waals surface area contributed by atoms with Gasteiger partial charge in [-0.1, -0.05) is 29.3 Å². The lowest BCUT2D eigenvalue weighted by Gasteiger charge is -2.07. The van der Waals surface area contributed by atoms with E-state index in [4.69, 9.17) is 23.2 Å². The third kappa shape index (κ3) is 3.22. The van der Waals surface area contributed by atoms with Crippen LogP contribution in [-0.2, 0) is 20.1 Å². The first-order valence-corrected chi connectivity index (χ1v) is 6.03. The van der Waals surface area contributed by atoms with Crippen LogP contribution in [0.25, 0.3) is 0 Å². The molecule has 5 heteroatoms. The van der Waals surface area contributed by atoms with Crippen LogP contribution in [0, 0.1) is 0 Å². The highest BCUT2D eigenvalue weighted by Gasteiger charge is 2.02. The van der Waals surface area contributed by atoms with Crippen molar-refractivity contribution in [3.63, 3.8) is 0 Å². The van der Waals surface area contributed by atoms with E-state index in [1.54, 1.807) is 12.3 Å². The van der Waals surface area contributed by atoms with Gasteiger partial charge in [0.2, 0.25) is 0 Å². The van der Waals surface area contributed by atoms with E-state index >= 15 is 0 Å².